The summed E-state index contributed by atoms with van der Waals surface area (Å²) in [6, 6.07) is 36.5. The molecule has 0 saturated heterocycles. The Kier molecular flexibility index (Phi) is 5.86. The molecule has 1 heterocycles. The highest BCUT2D eigenvalue weighted by molar-refractivity contribution is 7.63. The van der Waals surface area contributed by atoms with Crippen LogP contribution in [0.15, 0.2) is 115 Å². The zero-order chi connectivity index (χ0) is 21.9. The Morgan fingerprint density at radius 2 is 1.09 bits per heavy atom. The van der Waals surface area contributed by atoms with Crippen molar-refractivity contribution in [2.24, 2.45) is 0 Å². The molecule has 5 rings (SSSR count). The summed E-state index contributed by atoms with van der Waals surface area (Å²) in [6.07, 6.45) is 0. The highest BCUT2D eigenvalue weighted by Crippen LogP contribution is 2.29. The third-order valence-electron chi connectivity index (χ3n) is 5.44. The van der Waals surface area contributed by atoms with E-state index < -0.39 is 15.6 Å². The molecule has 0 saturated carbocycles. The van der Waals surface area contributed by atoms with Crippen LogP contribution in [0.3, 0.4) is 0 Å². The third kappa shape index (κ3) is 4.10. The Bertz CT molecular complexity index is 1440. The molecular weight excluding hydrogens is 432 g/mol. The Balaban J connectivity index is 1.71. The van der Waals surface area contributed by atoms with Crippen LogP contribution in [0.25, 0.3) is 22.2 Å². The zero-order valence-corrected chi connectivity index (χ0v) is 19.2. The fourth-order valence-corrected chi connectivity index (χ4v) is 6.85. The van der Waals surface area contributed by atoms with Gasteiger partial charge in [-0.2, -0.15) is 0 Å². The Labute approximate surface area is 188 Å². The summed E-state index contributed by atoms with van der Waals surface area (Å²) in [6.45, 7) is 0. The van der Waals surface area contributed by atoms with E-state index in [9.17, 15) is 9.13 Å². The number of benzene rings is 4. The Morgan fingerprint density at radius 1 is 0.531 bits per heavy atom. The zero-order valence-electron chi connectivity index (χ0n) is 17.2. The number of pyridine rings is 1. The largest absolute Gasteiger partial charge is 0.317 e. The standard InChI is InChI=1S/C27H21NO2P2/c29-31(22-12-6-2-7-13-22)24-18-21-16-17-25(20-10-4-1-5-11-20)28-27(21)26(19-24)32(30)23-14-8-3-9-15-23/h1-19,31-32H. The summed E-state index contributed by atoms with van der Waals surface area (Å²) in [5.74, 6) is 0. The van der Waals surface area contributed by atoms with Crippen LogP contribution in [0.1, 0.15) is 0 Å². The lowest BCUT2D eigenvalue weighted by Crippen LogP contribution is -2.16. The van der Waals surface area contributed by atoms with Crippen molar-refractivity contribution in [3.05, 3.63) is 115 Å². The van der Waals surface area contributed by atoms with Gasteiger partial charge in [-0.15, -0.1) is 0 Å². The van der Waals surface area contributed by atoms with Crippen molar-refractivity contribution < 1.29 is 9.13 Å². The molecule has 0 spiro atoms. The van der Waals surface area contributed by atoms with Crippen molar-refractivity contribution >= 4 is 47.7 Å². The van der Waals surface area contributed by atoms with Gasteiger partial charge in [-0.25, -0.2) is 4.98 Å². The van der Waals surface area contributed by atoms with Gasteiger partial charge in [0.25, 0.3) is 0 Å². The molecule has 4 aromatic carbocycles. The van der Waals surface area contributed by atoms with E-state index in [1.807, 2.05) is 115 Å². The van der Waals surface area contributed by atoms with Gasteiger partial charge in [0, 0.05) is 32.2 Å². The number of hydrogen-bond donors (Lipinski definition) is 0. The summed E-state index contributed by atoms with van der Waals surface area (Å²) in [7, 11) is -4.57. The van der Waals surface area contributed by atoms with Gasteiger partial charge < -0.3 is 9.13 Å². The van der Waals surface area contributed by atoms with Gasteiger partial charge in [-0.1, -0.05) is 97.1 Å². The molecule has 2 unspecified atom stereocenters. The predicted molar refractivity (Wildman–Crippen MR) is 137 cm³/mol. The normalized spacial score (nSPS) is 13.0. The lowest BCUT2D eigenvalue weighted by molar-refractivity contribution is 0.598. The fourth-order valence-electron chi connectivity index (χ4n) is 3.81. The van der Waals surface area contributed by atoms with Crippen molar-refractivity contribution in [3.8, 4) is 11.3 Å². The van der Waals surface area contributed by atoms with E-state index >= 15 is 0 Å². The molecule has 5 aromatic rings. The van der Waals surface area contributed by atoms with Gasteiger partial charge in [0.2, 0.25) is 0 Å². The topological polar surface area (TPSA) is 47.0 Å². The van der Waals surface area contributed by atoms with Crippen molar-refractivity contribution in [2.45, 2.75) is 0 Å². The van der Waals surface area contributed by atoms with E-state index in [1.165, 1.54) is 0 Å². The first-order chi connectivity index (χ1) is 15.7. The monoisotopic (exact) mass is 453 g/mol. The van der Waals surface area contributed by atoms with Crippen molar-refractivity contribution in [2.75, 3.05) is 0 Å². The maximum atomic E-state index is 13.7. The number of nitrogens with zero attached hydrogens (tertiary/aromatic N) is 1. The van der Waals surface area contributed by atoms with E-state index in [1.54, 1.807) is 0 Å². The van der Waals surface area contributed by atoms with E-state index in [0.29, 0.717) is 16.1 Å². The van der Waals surface area contributed by atoms with Gasteiger partial charge in [-0.05, 0) is 18.2 Å². The number of hydrogen-bond acceptors (Lipinski definition) is 3. The van der Waals surface area contributed by atoms with Crippen LogP contribution in [-0.2, 0) is 9.13 Å². The van der Waals surface area contributed by atoms with Gasteiger partial charge >= 0.3 is 0 Å². The van der Waals surface area contributed by atoms with Gasteiger partial charge in [0.1, 0.15) is 15.6 Å². The van der Waals surface area contributed by atoms with Gasteiger partial charge in [0.05, 0.1) is 11.2 Å². The fraction of sp³-hybridized carbons (Fsp3) is 0. The molecule has 3 nitrogen and oxygen atoms in total. The number of aromatic nitrogens is 1. The minimum atomic E-state index is -2.34. The average molecular weight is 453 g/mol. The third-order valence-corrected chi connectivity index (χ3v) is 8.84. The van der Waals surface area contributed by atoms with E-state index in [-0.39, 0.29) is 0 Å². The van der Waals surface area contributed by atoms with Crippen LogP contribution in [0.2, 0.25) is 0 Å². The predicted octanol–water partition coefficient (Wildman–Crippen LogP) is 4.92. The molecule has 5 heteroatoms. The first kappa shape index (κ1) is 20.6. The van der Waals surface area contributed by atoms with Crippen molar-refractivity contribution in [1.82, 2.24) is 4.98 Å². The first-order valence-corrected chi connectivity index (χ1v) is 13.2. The lowest BCUT2D eigenvalue weighted by Gasteiger charge is -2.12. The molecular formula is C27H21NO2P2. The second-order valence-electron chi connectivity index (χ2n) is 7.55. The molecule has 0 amide bonds. The quantitative estimate of drug-likeness (QED) is 0.355. The van der Waals surface area contributed by atoms with Crippen LogP contribution in [0.4, 0.5) is 0 Å². The molecule has 2 atom stereocenters. The molecule has 0 aliphatic heterocycles. The molecule has 32 heavy (non-hydrogen) atoms. The molecule has 0 radical (unpaired) electrons. The Morgan fingerprint density at radius 3 is 1.72 bits per heavy atom. The summed E-state index contributed by atoms with van der Waals surface area (Å²) in [4.78, 5) is 4.90. The minimum Gasteiger partial charge on any atom is -0.317 e. The number of fused-ring (bicyclic) bond motifs is 1. The Hall–Kier alpha value is -3.25. The SMILES string of the molecule is O=[PH](c1ccccc1)c1cc([PH](=O)c2ccccc2)c2nc(-c3ccccc3)ccc2c1. The summed E-state index contributed by atoms with van der Waals surface area (Å²) < 4.78 is 27.0. The molecule has 156 valence electrons. The average Bonchev–Trinajstić information content (AvgIpc) is 2.88. The lowest BCUT2D eigenvalue weighted by atomic mass is 10.1. The maximum absolute atomic E-state index is 13.7. The van der Waals surface area contributed by atoms with E-state index in [2.05, 4.69) is 0 Å². The molecule has 0 aliphatic carbocycles. The van der Waals surface area contributed by atoms with Crippen molar-refractivity contribution in [1.29, 1.82) is 0 Å². The molecule has 0 N–H and O–H groups in total. The summed E-state index contributed by atoms with van der Waals surface area (Å²) >= 11 is 0. The van der Waals surface area contributed by atoms with Crippen LogP contribution in [0.5, 0.6) is 0 Å². The summed E-state index contributed by atoms with van der Waals surface area (Å²) in [5, 5.41) is 3.76. The van der Waals surface area contributed by atoms with Crippen molar-refractivity contribution in [3.63, 3.8) is 0 Å². The van der Waals surface area contributed by atoms with Crippen LogP contribution in [-0.4, -0.2) is 4.98 Å². The second kappa shape index (κ2) is 9.09. The van der Waals surface area contributed by atoms with E-state index in [4.69, 9.17) is 4.98 Å². The highest BCUT2D eigenvalue weighted by Gasteiger charge is 2.17. The molecule has 0 bridgehead atoms. The van der Waals surface area contributed by atoms with Crippen LogP contribution in [0, 0.1) is 0 Å². The van der Waals surface area contributed by atoms with Gasteiger partial charge in [0.15, 0.2) is 0 Å². The maximum Gasteiger partial charge on any atom is 0.134 e. The van der Waals surface area contributed by atoms with E-state index in [0.717, 1.165) is 27.3 Å². The van der Waals surface area contributed by atoms with Crippen LogP contribution < -0.4 is 21.2 Å². The highest BCUT2D eigenvalue weighted by atomic mass is 31.1. The molecule has 0 fully saturated rings. The summed E-state index contributed by atoms with van der Waals surface area (Å²) in [5.41, 5.74) is 2.53. The number of rotatable bonds is 5. The first-order valence-electron chi connectivity index (χ1n) is 10.4. The minimum absolute atomic E-state index is 0.653. The molecule has 0 aliphatic rings. The smallest absolute Gasteiger partial charge is 0.134 e. The van der Waals surface area contributed by atoms with Gasteiger partial charge in [-0.3, -0.25) is 0 Å². The second-order valence-corrected chi connectivity index (χ2v) is 11.1. The van der Waals surface area contributed by atoms with Crippen LogP contribution >= 0.6 is 15.6 Å². The molecule has 1 aromatic heterocycles.